The van der Waals surface area contributed by atoms with Gasteiger partial charge in [-0.25, -0.2) is 0 Å². The molecule has 1 atom stereocenters. The van der Waals surface area contributed by atoms with Gasteiger partial charge in [0.25, 0.3) is 0 Å². The summed E-state index contributed by atoms with van der Waals surface area (Å²) in [4.78, 5) is 14.2. The minimum Gasteiger partial charge on any atom is -0.339 e. The zero-order valence-corrected chi connectivity index (χ0v) is 9.55. The number of nitrogens with two attached hydrogens (primary N) is 1. The van der Waals surface area contributed by atoms with E-state index < -0.39 is 0 Å². The second-order valence-electron chi connectivity index (χ2n) is 4.44. The highest BCUT2D eigenvalue weighted by Gasteiger charge is 2.39. The van der Waals surface area contributed by atoms with Crippen molar-refractivity contribution in [3.05, 3.63) is 0 Å². The van der Waals surface area contributed by atoms with Crippen molar-refractivity contribution >= 4 is 5.91 Å². The lowest BCUT2D eigenvalue weighted by Crippen LogP contribution is -2.47. The molecule has 0 heterocycles. The summed E-state index contributed by atoms with van der Waals surface area (Å²) in [5, 5.41) is 0. The van der Waals surface area contributed by atoms with Crippen LogP contribution in [0.15, 0.2) is 0 Å². The molecule has 14 heavy (non-hydrogen) atoms. The zero-order valence-electron chi connectivity index (χ0n) is 9.55. The first kappa shape index (κ1) is 11.5. The standard InChI is InChI=1S/C11H22N2O/c1-4-11(3,8-12)10(14)13(5-2)9-6-7-9/h9H,4-8,12H2,1-3H3. The Bertz CT molecular complexity index is 207. The third-order valence-electron chi connectivity index (χ3n) is 3.34. The van der Waals surface area contributed by atoms with E-state index in [1.54, 1.807) is 0 Å². The molecule has 0 saturated heterocycles. The zero-order chi connectivity index (χ0) is 10.8. The van der Waals surface area contributed by atoms with Crippen LogP contribution in [-0.4, -0.2) is 29.9 Å². The fraction of sp³-hybridized carbons (Fsp3) is 0.909. The number of nitrogens with zero attached hydrogens (tertiary/aromatic N) is 1. The summed E-state index contributed by atoms with van der Waals surface area (Å²) in [6, 6.07) is 0.505. The molecule has 3 heteroatoms. The Balaban J connectivity index is 2.69. The molecule has 0 bridgehead atoms. The average Bonchev–Trinajstić information content (AvgIpc) is 3.01. The molecule has 3 nitrogen and oxygen atoms in total. The van der Waals surface area contributed by atoms with Crippen LogP contribution in [0.2, 0.25) is 0 Å². The summed E-state index contributed by atoms with van der Waals surface area (Å²) in [5.41, 5.74) is 5.34. The normalized spacial score (nSPS) is 20.3. The summed E-state index contributed by atoms with van der Waals surface area (Å²) in [7, 11) is 0. The van der Waals surface area contributed by atoms with Crippen LogP contribution in [0.25, 0.3) is 0 Å². The lowest BCUT2D eigenvalue weighted by molar-refractivity contribution is -0.141. The summed E-state index contributed by atoms with van der Waals surface area (Å²) in [6.07, 6.45) is 3.17. The van der Waals surface area contributed by atoms with Crippen LogP contribution in [0, 0.1) is 5.41 Å². The monoisotopic (exact) mass is 198 g/mol. The second kappa shape index (κ2) is 4.30. The van der Waals surface area contributed by atoms with Gasteiger partial charge in [0.2, 0.25) is 5.91 Å². The second-order valence-corrected chi connectivity index (χ2v) is 4.44. The van der Waals surface area contributed by atoms with E-state index in [1.165, 1.54) is 12.8 Å². The Morgan fingerprint density at radius 3 is 2.36 bits per heavy atom. The van der Waals surface area contributed by atoms with Gasteiger partial charge in [-0.1, -0.05) is 6.92 Å². The topological polar surface area (TPSA) is 46.3 Å². The molecule has 82 valence electrons. The minimum absolute atomic E-state index is 0.243. The molecule has 0 aliphatic heterocycles. The first-order chi connectivity index (χ1) is 6.59. The third-order valence-corrected chi connectivity index (χ3v) is 3.34. The Morgan fingerprint density at radius 2 is 2.07 bits per heavy atom. The van der Waals surface area contributed by atoms with Crippen molar-refractivity contribution in [2.24, 2.45) is 11.1 Å². The summed E-state index contributed by atoms with van der Waals surface area (Å²) >= 11 is 0. The highest BCUT2D eigenvalue weighted by atomic mass is 16.2. The van der Waals surface area contributed by atoms with Crippen LogP contribution in [0.5, 0.6) is 0 Å². The Kier molecular flexibility index (Phi) is 3.53. The van der Waals surface area contributed by atoms with E-state index in [1.807, 2.05) is 25.7 Å². The van der Waals surface area contributed by atoms with Crippen molar-refractivity contribution in [3.8, 4) is 0 Å². The van der Waals surface area contributed by atoms with Gasteiger partial charge in [-0.05, 0) is 33.1 Å². The molecular weight excluding hydrogens is 176 g/mol. The number of hydrogen-bond acceptors (Lipinski definition) is 2. The van der Waals surface area contributed by atoms with Gasteiger partial charge in [0, 0.05) is 19.1 Å². The van der Waals surface area contributed by atoms with E-state index in [0.29, 0.717) is 12.6 Å². The van der Waals surface area contributed by atoms with Crippen LogP contribution >= 0.6 is 0 Å². The van der Waals surface area contributed by atoms with Gasteiger partial charge in [0.1, 0.15) is 0 Å². The lowest BCUT2D eigenvalue weighted by Gasteiger charge is -2.32. The Morgan fingerprint density at radius 1 is 1.50 bits per heavy atom. The number of amides is 1. The molecule has 0 aromatic rings. The fourth-order valence-electron chi connectivity index (χ4n) is 1.68. The Hall–Kier alpha value is -0.570. The van der Waals surface area contributed by atoms with Crippen molar-refractivity contribution in [2.75, 3.05) is 13.1 Å². The quantitative estimate of drug-likeness (QED) is 0.725. The molecule has 1 fully saturated rings. The first-order valence-electron chi connectivity index (χ1n) is 5.60. The maximum absolute atomic E-state index is 12.2. The number of carbonyl (C=O) groups is 1. The molecule has 1 unspecified atom stereocenters. The van der Waals surface area contributed by atoms with E-state index in [9.17, 15) is 4.79 Å². The molecule has 0 aromatic heterocycles. The van der Waals surface area contributed by atoms with Crippen LogP contribution in [-0.2, 0) is 4.79 Å². The summed E-state index contributed by atoms with van der Waals surface area (Å²) < 4.78 is 0. The molecule has 1 aliphatic carbocycles. The van der Waals surface area contributed by atoms with Crippen molar-refractivity contribution in [2.45, 2.75) is 46.1 Å². The fourth-order valence-corrected chi connectivity index (χ4v) is 1.68. The van der Waals surface area contributed by atoms with Crippen LogP contribution in [0.1, 0.15) is 40.0 Å². The van der Waals surface area contributed by atoms with Crippen molar-refractivity contribution in [1.82, 2.24) is 4.90 Å². The molecule has 1 aliphatic rings. The molecule has 1 rings (SSSR count). The van der Waals surface area contributed by atoms with Gasteiger partial charge in [-0.3, -0.25) is 4.79 Å². The SMILES string of the molecule is CCN(C(=O)C(C)(CC)CN)C1CC1. The van der Waals surface area contributed by atoms with E-state index in [0.717, 1.165) is 13.0 Å². The van der Waals surface area contributed by atoms with Gasteiger partial charge in [-0.15, -0.1) is 0 Å². The van der Waals surface area contributed by atoms with Crippen molar-refractivity contribution in [3.63, 3.8) is 0 Å². The molecule has 1 amide bonds. The van der Waals surface area contributed by atoms with Crippen molar-refractivity contribution in [1.29, 1.82) is 0 Å². The predicted octanol–water partition coefficient (Wildman–Crippen LogP) is 1.37. The largest absolute Gasteiger partial charge is 0.339 e. The molecule has 1 saturated carbocycles. The van der Waals surface area contributed by atoms with Gasteiger partial charge in [0.05, 0.1) is 5.41 Å². The van der Waals surface area contributed by atoms with E-state index >= 15 is 0 Å². The highest BCUT2D eigenvalue weighted by Crippen LogP contribution is 2.31. The van der Waals surface area contributed by atoms with Gasteiger partial charge < -0.3 is 10.6 Å². The highest BCUT2D eigenvalue weighted by molar-refractivity contribution is 5.83. The van der Waals surface area contributed by atoms with Crippen LogP contribution in [0.3, 0.4) is 0 Å². The lowest BCUT2D eigenvalue weighted by atomic mass is 9.86. The maximum atomic E-state index is 12.2. The predicted molar refractivity (Wildman–Crippen MR) is 57.9 cm³/mol. The van der Waals surface area contributed by atoms with Gasteiger partial charge in [0.15, 0.2) is 0 Å². The van der Waals surface area contributed by atoms with Crippen molar-refractivity contribution < 1.29 is 4.79 Å². The third kappa shape index (κ3) is 2.08. The number of hydrogen-bond donors (Lipinski definition) is 1. The van der Waals surface area contributed by atoms with E-state index in [-0.39, 0.29) is 11.3 Å². The molecule has 0 radical (unpaired) electrons. The van der Waals surface area contributed by atoms with Gasteiger partial charge >= 0.3 is 0 Å². The van der Waals surface area contributed by atoms with E-state index in [2.05, 4.69) is 0 Å². The molecular formula is C11H22N2O. The summed E-state index contributed by atoms with van der Waals surface area (Å²) in [6.45, 7) is 7.32. The average molecular weight is 198 g/mol. The smallest absolute Gasteiger partial charge is 0.230 e. The van der Waals surface area contributed by atoms with Gasteiger partial charge in [-0.2, -0.15) is 0 Å². The number of carbonyl (C=O) groups excluding carboxylic acids is 1. The van der Waals surface area contributed by atoms with Crippen LogP contribution in [0.4, 0.5) is 0 Å². The number of rotatable bonds is 5. The minimum atomic E-state index is -0.349. The molecule has 0 spiro atoms. The molecule has 2 N–H and O–H groups in total. The maximum Gasteiger partial charge on any atom is 0.230 e. The van der Waals surface area contributed by atoms with Crippen LogP contribution < -0.4 is 5.73 Å². The molecule has 0 aromatic carbocycles. The van der Waals surface area contributed by atoms with E-state index in [4.69, 9.17) is 5.73 Å². The first-order valence-corrected chi connectivity index (χ1v) is 5.60. The summed E-state index contributed by atoms with van der Waals surface area (Å²) in [5.74, 6) is 0.243. The Labute approximate surface area is 86.6 Å².